The van der Waals surface area contributed by atoms with Crippen LogP contribution in [0.4, 0.5) is 0 Å². The van der Waals surface area contributed by atoms with Crippen molar-refractivity contribution in [3.8, 4) is 6.07 Å². The maximum atomic E-state index is 10.5. The molecule has 6 saturated heterocycles. The standard InChI is InChI=1S/2C9H18O2.C7H8O3S.2C7H14O2.C7H12O2.C6H15ClSi.C6H12O3.C2H3N.C2H5.CH3BI.3CH4.BrH.Mg/c2*1-4-8(10)9-6(2)5-7(3)11-9;1-6-2-4-7(5-3-6)11(8,9)10;3*1-5-3-6(2)9-7(5)4-8;1-6(2,3)8(4,5)7;1-4-2-5(8)6(3-7)9-4;1-2-3;1-2;1-2-3;;;;;/h2*6-10H,4-5H2,1-3H3;2-5H,1H3,(H,8,9,10);2*5-8H,3-4H2,1-2H3;4-7H,3H2,1-2H3;1-5H3;4-8H,2-3H2,1H3;1H3;1H2,2H3;1H3;3*1H4;1H;/q;;;;;;;;;-1;;;;;;+2/p-1/t6-,7-,8+,9-;6-,7-,8-,9-;;3*5-,6-,7+;;4-,5-,6+;;;;;;;;/m00.000.0......../s1/i;;;8D;;;;7D;;;;2*1T;;;. The number of hydrogen-bond acceptors (Lipinski definition) is 16. The van der Waals surface area contributed by atoms with Crippen LogP contribution in [0.1, 0.15) is 207 Å². The van der Waals surface area contributed by atoms with Crippen molar-refractivity contribution < 1.29 is 96.6 Å². The fraction of sp³-hybridized carbons (Fsp3) is 0.864. The summed E-state index contributed by atoms with van der Waals surface area (Å²) >= 11 is 8.31. The van der Waals surface area contributed by atoms with Crippen molar-refractivity contribution in [3.63, 3.8) is 0 Å². The summed E-state index contributed by atoms with van der Waals surface area (Å²) in [6, 6.07) is 7.74. The van der Waals surface area contributed by atoms with E-state index in [9.17, 15) is 28.5 Å². The van der Waals surface area contributed by atoms with Crippen molar-refractivity contribution in [2.24, 2.45) is 29.6 Å². The van der Waals surface area contributed by atoms with Crippen LogP contribution in [0.15, 0.2) is 29.2 Å². The molecule has 0 bridgehead atoms. The summed E-state index contributed by atoms with van der Waals surface area (Å²) in [5.74, 6) is 2.52. The minimum atomic E-state index is -4.02. The van der Waals surface area contributed by atoms with Gasteiger partial charge in [0.2, 0.25) is 2.86 Å². The summed E-state index contributed by atoms with van der Waals surface area (Å²) in [5, 5.41) is 55.0. The van der Waals surface area contributed by atoms with Crippen LogP contribution in [-0.4, -0.2) is 200 Å². The number of carbonyl (C=O) groups excluding carboxylic acids is 1. The van der Waals surface area contributed by atoms with E-state index in [2.05, 4.69) is 122 Å². The van der Waals surface area contributed by atoms with E-state index in [1.807, 2.05) is 60.4 Å². The normalized spacial score (nSPS) is 30.8. The number of rotatable bonds is 11. The Morgan fingerprint density at radius 2 is 1.01 bits per heavy atom. The van der Waals surface area contributed by atoms with E-state index in [4.69, 9.17) is 60.0 Å². The molecule has 0 amide bonds. The largest absolute Gasteiger partial charge is 2.00 e. The number of carbonyl (C=O) groups is 1. The van der Waals surface area contributed by atoms with Crippen molar-refractivity contribution in [3.05, 3.63) is 36.8 Å². The molecule has 1 aromatic rings. The first-order valence-electron chi connectivity index (χ1n) is 33.5. The zero-order chi connectivity index (χ0) is 72.6. The van der Waals surface area contributed by atoms with Gasteiger partial charge < -0.3 is 87.8 Å². The maximum absolute atomic E-state index is 10.5. The van der Waals surface area contributed by atoms with Gasteiger partial charge in [0.05, 0.1) is 110 Å². The van der Waals surface area contributed by atoms with E-state index in [1.165, 1.54) is 33.9 Å². The number of aldehydes is 1. The SMILES string of the molecule is C.CC#N.CC(C)(C)[Si](C)(C)Cl.CC[C@@H](O)[C@H]1O[C@@H](C)C[C@@H]1C.CC[C@H](O)[C@H]1O[C@@H](C)C[C@@H]1C.C[B]I.C[C@H]1C[C@H](C)[C@@H](C=O)O1.C[C@H]1C[C@H](C)[C@@H](CO)O1.Cc1ccc(S(=O)(=O)O)cc1.[2H]OC[C@H]1O[C@@H](C)C[C@@H]1C.[2H]OC[C@H]1O[C@@H](C)C[C@@H]1O.[3H]C.[3H]C.[Br-].[CH2-]C.[Mg+2]. The Hall–Kier alpha value is 0.358. The fourth-order valence-electron chi connectivity index (χ4n) is 9.47. The molecule has 7 N–H and O–H groups in total. The van der Waals surface area contributed by atoms with Gasteiger partial charge in [0.15, 0.2) is 12.5 Å². The van der Waals surface area contributed by atoms with Crippen LogP contribution in [0.5, 0.6) is 0 Å². The third kappa shape index (κ3) is 49.0. The maximum Gasteiger partial charge on any atom is 2.00 e. The van der Waals surface area contributed by atoms with Gasteiger partial charge in [-0.15, -0.1) is 0 Å². The second-order valence-corrected chi connectivity index (χ2v) is 34.6. The zero-order valence-electron chi connectivity index (χ0n) is 63.4. The van der Waals surface area contributed by atoms with E-state index in [0.29, 0.717) is 72.1 Å². The monoisotopic (exact) mass is 1540 g/mol. The molecule has 6 aliphatic heterocycles. The van der Waals surface area contributed by atoms with Crippen LogP contribution in [0.2, 0.25) is 25.0 Å². The average Bonchev–Trinajstić information content (AvgIpc) is 1.45. The van der Waals surface area contributed by atoms with Gasteiger partial charge in [0.1, 0.15) is 18.5 Å². The molecule has 6 heterocycles. The summed E-state index contributed by atoms with van der Waals surface area (Å²) < 4.78 is 86.5. The Balaban J connectivity index is -0.000000122. The smallest absolute Gasteiger partial charge is 1.00 e. The van der Waals surface area contributed by atoms with E-state index < -0.39 is 23.6 Å². The predicted octanol–water partition coefficient (Wildman–Crippen LogP) is 10.7. The molecule has 24 heteroatoms. The molecule has 17 nitrogen and oxygen atoms in total. The van der Waals surface area contributed by atoms with Crippen LogP contribution >= 0.6 is 33.5 Å². The van der Waals surface area contributed by atoms with E-state index >= 15 is 0 Å². The third-order valence-corrected chi connectivity index (χ3v) is 21.3. The summed E-state index contributed by atoms with van der Waals surface area (Å²) in [6.07, 6.45) is 9.18. The zero-order valence-corrected chi connectivity index (χ0v) is 67.1. The Bertz CT molecular complexity index is 1940. The molecule has 0 aliphatic carbocycles. The van der Waals surface area contributed by atoms with Crippen molar-refractivity contribution >= 4 is 85.4 Å². The van der Waals surface area contributed by atoms with Gasteiger partial charge in [-0.05, 0) is 140 Å². The Morgan fingerprint density at radius 1 is 0.722 bits per heavy atom. The van der Waals surface area contributed by atoms with Gasteiger partial charge in [-0.25, -0.2) is 0 Å². The molecule has 0 saturated carbocycles. The second kappa shape index (κ2) is 59.4. The quantitative estimate of drug-likeness (QED) is 0.0271. The summed E-state index contributed by atoms with van der Waals surface area (Å²) in [5.41, 5.74) is 0.956. The van der Waals surface area contributed by atoms with E-state index in [1.54, 1.807) is 25.1 Å². The van der Waals surface area contributed by atoms with Gasteiger partial charge in [0, 0.05) is 16.1 Å². The number of aliphatic hydroxyl groups is 6. The molecule has 6 aliphatic rings. The van der Waals surface area contributed by atoms with Crippen molar-refractivity contribution in [2.75, 3.05) is 19.8 Å². The molecule has 0 spiro atoms. The summed E-state index contributed by atoms with van der Waals surface area (Å²) in [6.45, 7) is 48.6. The molecule has 20 atom stereocenters. The fourth-order valence-corrected chi connectivity index (χ4v) is 9.95. The number of ether oxygens (including phenoxy) is 6. The van der Waals surface area contributed by atoms with Gasteiger partial charge in [0.25, 0.3) is 10.1 Å². The number of aryl methyl sites for hydroxylation is 1. The number of benzene rings is 1. The molecule has 6 fully saturated rings. The molecular weight excluding hydrogens is 1400 g/mol. The van der Waals surface area contributed by atoms with Crippen molar-refractivity contribution in [1.29, 1.82) is 8.12 Å². The molecule has 7 rings (SSSR count). The molecular formula is C66H134BBrClIMgNO16SSi. The van der Waals surface area contributed by atoms with Crippen molar-refractivity contribution in [1.82, 2.24) is 0 Å². The minimum absolute atomic E-state index is 0. The second-order valence-electron chi connectivity index (χ2n) is 24.6. The number of aliphatic hydroxyl groups excluding tert-OH is 6. The number of nitriles is 1. The van der Waals surface area contributed by atoms with Crippen LogP contribution in [0, 0.1) is 54.8 Å². The van der Waals surface area contributed by atoms with E-state index in [0.717, 1.165) is 56.8 Å². The topological polar surface area (TPSA) is 272 Å². The molecule has 1 radical (unpaired) electrons. The van der Waals surface area contributed by atoms with Crippen LogP contribution in [0.3, 0.4) is 0 Å². The molecule has 0 aromatic heterocycles. The predicted molar refractivity (Wildman–Crippen MR) is 383 cm³/mol. The first kappa shape index (κ1) is 99.0. The van der Waals surface area contributed by atoms with Gasteiger partial charge in [-0.2, -0.15) is 54.1 Å². The van der Waals surface area contributed by atoms with Gasteiger partial charge in [-0.1, -0.05) is 129 Å². The van der Waals surface area contributed by atoms with Crippen LogP contribution in [0.25, 0.3) is 0 Å². The van der Waals surface area contributed by atoms with Gasteiger partial charge in [-0.3, -0.25) is 4.55 Å². The van der Waals surface area contributed by atoms with Crippen LogP contribution < -0.4 is 17.0 Å². The van der Waals surface area contributed by atoms with Gasteiger partial charge >= 0.3 is 23.1 Å². The molecule has 0 unspecified atom stereocenters. The molecule has 1 aromatic carbocycles. The Labute approximate surface area is 604 Å². The summed E-state index contributed by atoms with van der Waals surface area (Å²) in [4.78, 5) is 10.2. The Morgan fingerprint density at radius 3 is 1.22 bits per heavy atom. The number of nitrogens with zero attached hydrogens (tertiary/aromatic N) is 1. The Kier molecular flexibility index (Phi) is 65.4. The van der Waals surface area contributed by atoms with Crippen molar-refractivity contribution in [2.45, 2.75) is 327 Å². The average molecular weight is 1540 g/mol. The minimum Gasteiger partial charge on any atom is -1.00 e. The van der Waals surface area contributed by atoms with Crippen LogP contribution in [-0.2, 0) is 43.3 Å². The first-order chi connectivity index (χ1) is 42.3. The van der Waals surface area contributed by atoms with E-state index in [-0.39, 0.29) is 127 Å². The summed E-state index contributed by atoms with van der Waals surface area (Å²) in [7, 11) is -2.91. The third-order valence-electron chi connectivity index (χ3n) is 15.2. The first-order valence-corrected chi connectivity index (χ1v) is 37.3. The molecule has 535 valence electrons. The molecule has 90 heavy (non-hydrogen) atoms. The number of hydrogen-bond donors (Lipinski definition) is 7. The number of halogens is 3.